The second-order valence-electron chi connectivity index (χ2n) is 7.62. The first-order valence-electron chi connectivity index (χ1n) is 10.1. The number of aromatic nitrogens is 3. The van der Waals surface area contributed by atoms with E-state index in [0.717, 1.165) is 46.2 Å². The van der Waals surface area contributed by atoms with Crippen molar-refractivity contribution >= 4 is 27.6 Å². The average molecular weight is 406 g/mol. The van der Waals surface area contributed by atoms with Crippen molar-refractivity contribution in [3.63, 3.8) is 0 Å². The molecule has 1 saturated carbocycles. The maximum absolute atomic E-state index is 13.4. The van der Waals surface area contributed by atoms with Crippen molar-refractivity contribution in [3.05, 3.63) is 48.4 Å². The first-order chi connectivity index (χ1) is 14.7. The number of halogens is 1. The van der Waals surface area contributed by atoms with E-state index in [1.807, 2.05) is 18.3 Å². The van der Waals surface area contributed by atoms with Crippen LogP contribution in [0.1, 0.15) is 25.7 Å². The lowest BCUT2D eigenvalue weighted by Crippen LogP contribution is -2.15. The lowest BCUT2D eigenvalue weighted by atomic mass is 10.1. The van der Waals surface area contributed by atoms with Crippen LogP contribution in [-0.2, 0) is 0 Å². The van der Waals surface area contributed by atoms with Gasteiger partial charge >= 0.3 is 0 Å². The first-order valence-corrected chi connectivity index (χ1v) is 10.1. The Kier molecular flexibility index (Phi) is 4.65. The van der Waals surface area contributed by atoms with Crippen molar-refractivity contribution in [2.45, 2.75) is 31.7 Å². The van der Waals surface area contributed by atoms with Gasteiger partial charge in [-0.2, -0.15) is 5.10 Å². The number of methoxy groups -OCH3 is 2. The molecule has 0 spiro atoms. The predicted octanol–water partition coefficient (Wildman–Crippen LogP) is 5.08. The normalized spacial score (nSPS) is 14.5. The van der Waals surface area contributed by atoms with Gasteiger partial charge in [-0.3, -0.25) is 0 Å². The lowest BCUT2D eigenvalue weighted by Gasteiger charge is -2.15. The van der Waals surface area contributed by atoms with Crippen LogP contribution in [0.2, 0.25) is 0 Å². The number of ether oxygens (including phenoxy) is 2. The van der Waals surface area contributed by atoms with Crippen LogP contribution in [0.15, 0.2) is 42.6 Å². The summed E-state index contributed by atoms with van der Waals surface area (Å²) in [5.74, 6) is 1.79. The van der Waals surface area contributed by atoms with E-state index in [4.69, 9.17) is 19.6 Å². The first kappa shape index (κ1) is 18.7. The van der Waals surface area contributed by atoms with Gasteiger partial charge in [-0.15, -0.1) is 0 Å². The van der Waals surface area contributed by atoms with Crippen molar-refractivity contribution in [1.82, 2.24) is 14.8 Å². The van der Waals surface area contributed by atoms with Crippen molar-refractivity contribution in [3.8, 4) is 17.2 Å². The zero-order valence-electron chi connectivity index (χ0n) is 17.0. The number of anilines is 1. The number of nitrogens with one attached hydrogen (secondary N) is 1. The van der Waals surface area contributed by atoms with E-state index in [1.54, 1.807) is 31.0 Å². The highest BCUT2D eigenvalue weighted by Crippen LogP contribution is 2.37. The molecular weight excluding hydrogens is 383 g/mol. The summed E-state index contributed by atoms with van der Waals surface area (Å²) in [7, 11) is 3.23. The van der Waals surface area contributed by atoms with Crippen LogP contribution < -0.4 is 14.8 Å². The number of benzene rings is 2. The van der Waals surface area contributed by atoms with Gasteiger partial charge in [-0.05, 0) is 43.2 Å². The number of rotatable bonds is 5. The van der Waals surface area contributed by atoms with E-state index in [1.165, 1.54) is 25.0 Å². The van der Waals surface area contributed by atoms with Gasteiger partial charge in [0.05, 0.1) is 30.8 Å². The van der Waals surface area contributed by atoms with Gasteiger partial charge in [0, 0.05) is 23.7 Å². The Labute approximate surface area is 173 Å². The third kappa shape index (κ3) is 3.20. The molecule has 5 rings (SSSR count). The van der Waals surface area contributed by atoms with Gasteiger partial charge < -0.3 is 14.8 Å². The van der Waals surface area contributed by atoms with E-state index in [2.05, 4.69) is 5.32 Å². The van der Waals surface area contributed by atoms with Gasteiger partial charge in [-0.25, -0.2) is 14.1 Å². The maximum Gasteiger partial charge on any atom is 0.162 e. The number of pyridine rings is 1. The molecule has 0 unspecified atom stereocenters. The highest BCUT2D eigenvalue weighted by atomic mass is 19.1. The molecule has 2 aromatic carbocycles. The standard InChI is InChI=1S/C23H23FN4O2/c1-29-20-11-17-19(12-21(20)30-2)26-23(25-15-5-3-4-6-15)18-13-28(27-22(17)18)16-9-7-14(24)8-10-16/h7-13,15H,3-6H2,1-2H3,(H,25,26). The Morgan fingerprint density at radius 3 is 2.40 bits per heavy atom. The molecular formula is C23H23FN4O2. The molecule has 1 N–H and O–H groups in total. The molecule has 7 heteroatoms. The molecule has 0 amide bonds. The summed E-state index contributed by atoms with van der Waals surface area (Å²) in [5.41, 5.74) is 2.38. The monoisotopic (exact) mass is 406 g/mol. The van der Waals surface area contributed by atoms with Crippen molar-refractivity contribution in [1.29, 1.82) is 0 Å². The highest BCUT2D eigenvalue weighted by Gasteiger charge is 2.20. The van der Waals surface area contributed by atoms with Crippen LogP contribution in [0, 0.1) is 5.82 Å². The number of hydrogen-bond acceptors (Lipinski definition) is 5. The van der Waals surface area contributed by atoms with Crippen LogP contribution in [0.4, 0.5) is 10.2 Å². The fourth-order valence-electron chi connectivity index (χ4n) is 4.18. The summed E-state index contributed by atoms with van der Waals surface area (Å²) in [6, 6.07) is 10.5. The predicted molar refractivity (Wildman–Crippen MR) is 115 cm³/mol. The zero-order valence-corrected chi connectivity index (χ0v) is 17.0. The van der Waals surface area contributed by atoms with E-state index >= 15 is 0 Å². The summed E-state index contributed by atoms with van der Waals surface area (Å²) < 4.78 is 26.1. The Hall–Kier alpha value is -3.35. The molecule has 2 heterocycles. The molecule has 154 valence electrons. The minimum Gasteiger partial charge on any atom is -0.493 e. The number of fused-ring (bicyclic) bond motifs is 3. The lowest BCUT2D eigenvalue weighted by molar-refractivity contribution is 0.356. The summed E-state index contributed by atoms with van der Waals surface area (Å²) in [6.45, 7) is 0. The molecule has 1 aliphatic rings. The van der Waals surface area contributed by atoms with E-state index < -0.39 is 0 Å². The molecule has 1 aliphatic carbocycles. The van der Waals surface area contributed by atoms with Crippen LogP contribution in [0.3, 0.4) is 0 Å². The third-order valence-electron chi connectivity index (χ3n) is 5.75. The fraction of sp³-hybridized carbons (Fsp3) is 0.304. The Bertz CT molecular complexity index is 1210. The third-order valence-corrected chi connectivity index (χ3v) is 5.75. The van der Waals surface area contributed by atoms with Crippen molar-refractivity contribution < 1.29 is 13.9 Å². The van der Waals surface area contributed by atoms with Crippen molar-refractivity contribution in [2.24, 2.45) is 0 Å². The summed E-state index contributed by atoms with van der Waals surface area (Å²) in [5, 5.41) is 10.2. The second kappa shape index (κ2) is 7.48. The SMILES string of the molecule is COc1cc2nc(NC3CCCC3)c3cn(-c4ccc(F)cc4)nc3c2cc1OC. The molecule has 0 bridgehead atoms. The molecule has 4 aromatic rings. The minimum atomic E-state index is -0.275. The van der Waals surface area contributed by atoms with Crippen LogP contribution in [-0.4, -0.2) is 35.0 Å². The van der Waals surface area contributed by atoms with Gasteiger partial charge in [0.15, 0.2) is 11.5 Å². The molecule has 30 heavy (non-hydrogen) atoms. The van der Waals surface area contributed by atoms with E-state index in [0.29, 0.717) is 17.5 Å². The summed E-state index contributed by atoms with van der Waals surface area (Å²) >= 11 is 0. The summed E-state index contributed by atoms with van der Waals surface area (Å²) in [6.07, 6.45) is 6.68. The van der Waals surface area contributed by atoms with Crippen LogP contribution in [0.5, 0.6) is 11.5 Å². The topological polar surface area (TPSA) is 61.2 Å². The molecule has 0 saturated heterocycles. The molecule has 2 aromatic heterocycles. The molecule has 0 radical (unpaired) electrons. The average Bonchev–Trinajstić information content (AvgIpc) is 3.43. The zero-order chi connectivity index (χ0) is 20.7. The van der Waals surface area contributed by atoms with Gasteiger partial charge in [0.1, 0.15) is 17.2 Å². The van der Waals surface area contributed by atoms with E-state index in [9.17, 15) is 4.39 Å². The fourth-order valence-corrected chi connectivity index (χ4v) is 4.18. The van der Waals surface area contributed by atoms with Crippen LogP contribution in [0.25, 0.3) is 27.5 Å². The van der Waals surface area contributed by atoms with E-state index in [-0.39, 0.29) is 5.82 Å². The molecule has 0 aliphatic heterocycles. The largest absolute Gasteiger partial charge is 0.493 e. The Morgan fingerprint density at radius 1 is 1.00 bits per heavy atom. The van der Waals surface area contributed by atoms with Gasteiger partial charge in [0.2, 0.25) is 0 Å². The maximum atomic E-state index is 13.4. The molecule has 6 nitrogen and oxygen atoms in total. The highest BCUT2D eigenvalue weighted by molar-refractivity contribution is 6.08. The number of nitrogens with zero attached hydrogens (tertiary/aromatic N) is 3. The quantitative estimate of drug-likeness (QED) is 0.501. The van der Waals surface area contributed by atoms with Gasteiger partial charge in [0.25, 0.3) is 0 Å². The van der Waals surface area contributed by atoms with Gasteiger partial charge in [-0.1, -0.05) is 12.8 Å². The molecule has 0 atom stereocenters. The number of hydrogen-bond donors (Lipinski definition) is 1. The minimum absolute atomic E-state index is 0.275. The van der Waals surface area contributed by atoms with Crippen LogP contribution >= 0.6 is 0 Å². The smallest absolute Gasteiger partial charge is 0.162 e. The Morgan fingerprint density at radius 2 is 1.70 bits per heavy atom. The summed E-state index contributed by atoms with van der Waals surface area (Å²) in [4.78, 5) is 4.91. The second-order valence-corrected chi connectivity index (χ2v) is 7.62. The molecule has 1 fully saturated rings. The van der Waals surface area contributed by atoms with Crippen molar-refractivity contribution in [2.75, 3.05) is 19.5 Å². The Balaban J connectivity index is 1.74.